The fourth-order valence-corrected chi connectivity index (χ4v) is 1.55. The molecular formula is C9H5BrF2N2O2. The Morgan fingerprint density at radius 1 is 1.69 bits per heavy atom. The molecule has 0 fully saturated rings. The Labute approximate surface area is 98.0 Å². The van der Waals surface area contributed by atoms with Crippen LogP contribution in [0.3, 0.4) is 0 Å². The van der Waals surface area contributed by atoms with Crippen LogP contribution in [0.1, 0.15) is 28.0 Å². The van der Waals surface area contributed by atoms with Crippen LogP contribution in [0.2, 0.25) is 0 Å². The lowest BCUT2D eigenvalue weighted by Crippen LogP contribution is -2.09. The van der Waals surface area contributed by atoms with E-state index in [1.807, 2.05) is 0 Å². The zero-order valence-corrected chi connectivity index (χ0v) is 9.59. The second-order valence-electron chi connectivity index (χ2n) is 2.65. The third-order valence-corrected chi connectivity index (χ3v) is 2.37. The Morgan fingerprint density at radius 2 is 2.31 bits per heavy atom. The SMILES string of the molecule is COC(=O)c1c(Br)cnc(C(F)F)c1C#N. The first-order valence-electron chi connectivity index (χ1n) is 3.97. The number of rotatable bonds is 2. The average molecular weight is 291 g/mol. The van der Waals surface area contributed by atoms with E-state index in [-0.39, 0.29) is 10.0 Å². The number of alkyl halides is 2. The first-order chi connectivity index (χ1) is 7.52. The van der Waals surface area contributed by atoms with Crippen molar-refractivity contribution in [1.29, 1.82) is 5.26 Å². The molecule has 0 N–H and O–H groups in total. The van der Waals surface area contributed by atoms with Crippen molar-refractivity contribution in [2.24, 2.45) is 0 Å². The number of nitrogens with zero attached hydrogens (tertiary/aromatic N) is 2. The average Bonchev–Trinajstić information content (AvgIpc) is 2.26. The maximum absolute atomic E-state index is 12.5. The maximum Gasteiger partial charge on any atom is 0.340 e. The molecule has 0 radical (unpaired) electrons. The summed E-state index contributed by atoms with van der Waals surface area (Å²) in [6, 6.07) is 1.53. The summed E-state index contributed by atoms with van der Waals surface area (Å²) in [7, 11) is 1.10. The third kappa shape index (κ3) is 2.17. The van der Waals surface area contributed by atoms with Crippen LogP contribution in [-0.2, 0) is 4.74 Å². The predicted molar refractivity (Wildman–Crippen MR) is 52.9 cm³/mol. The van der Waals surface area contributed by atoms with Crippen LogP contribution in [0.25, 0.3) is 0 Å². The molecule has 16 heavy (non-hydrogen) atoms. The lowest BCUT2D eigenvalue weighted by atomic mass is 10.1. The van der Waals surface area contributed by atoms with Crippen molar-refractivity contribution in [2.75, 3.05) is 7.11 Å². The van der Waals surface area contributed by atoms with Gasteiger partial charge in [0.05, 0.1) is 22.7 Å². The van der Waals surface area contributed by atoms with E-state index in [4.69, 9.17) is 5.26 Å². The molecule has 0 spiro atoms. The highest BCUT2D eigenvalue weighted by atomic mass is 79.9. The molecule has 0 aliphatic carbocycles. The van der Waals surface area contributed by atoms with Crippen molar-refractivity contribution in [3.8, 4) is 6.07 Å². The molecule has 84 valence electrons. The van der Waals surface area contributed by atoms with Crippen molar-refractivity contribution < 1.29 is 18.3 Å². The van der Waals surface area contributed by atoms with E-state index < -0.39 is 23.7 Å². The van der Waals surface area contributed by atoms with Crippen molar-refractivity contribution in [1.82, 2.24) is 4.98 Å². The summed E-state index contributed by atoms with van der Waals surface area (Å²) in [5.41, 5.74) is -1.45. The minimum Gasteiger partial charge on any atom is -0.465 e. The molecule has 0 saturated carbocycles. The van der Waals surface area contributed by atoms with E-state index in [1.54, 1.807) is 0 Å². The molecule has 4 nitrogen and oxygen atoms in total. The molecule has 0 atom stereocenters. The van der Waals surface area contributed by atoms with Gasteiger partial charge in [-0.25, -0.2) is 13.6 Å². The molecule has 1 aromatic heterocycles. The monoisotopic (exact) mass is 290 g/mol. The summed E-state index contributed by atoms with van der Waals surface area (Å²) in [6.07, 6.45) is -1.89. The van der Waals surface area contributed by atoms with Gasteiger partial charge in [0, 0.05) is 6.20 Å². The topological polar surface area (TPSA) is 63.0 Å². The van der Waals surface area contributed by atoms with Gasteiger partial charge in [-0.2, -0.15) is 5.26 Å². The van der Waals surface area contributed by atoms with Gasteiger partial charge in [-0.05, 0) is 15.9 Å². The summed E-state index contributed by atoms with van der Waals surface area (Å²) in [5, 5.41) is 8.77. The molecule has 0 unspecified atom stereocenters. The molecule has 1 aromatic rings. The van der Waals surface area contributed by atoms with Gasteiger partial charge in [0.15, 0.2) is 0 Å². The number of pyridine rings is 1. The smallest absolute Gasteiger partial charge is 0.340 e. The van der Waals surface area contributed by atoms with E-state index in [0.717, 1.165) is 13.3 Å². The normalized spacial score (nSPS) is 10.0. The van der Waals surface area contributed by atoms with Crippen LogP contribution in [0.4, 0.5) is 8.78 Å². The fraction of sp³-hybridized carbons (Fsp3) is 0.222. The minimum absolute atomic E-state index is 0.139. The molecule has 0 saturated heterocycles. The Kier molecular flexibility index (Phi) is 3.90. The lowest BCUT2D eigenvalue weighted by Gasteiger charge is -2.08. The Morgan fingerprint density at radius 3 is 2.75 bits per heavy atom. The number of carbonyl (C=O) groups excluding carboxylic acids is 1. The zero-order chi connectivity index (χ0) is 12.3. The van der Waals surface area contributed by atoms with Gasteiger partial charge in [-0.15, -0.1) is 0 Å². The molecule has 1 rings (SSSR count). The van der Waals surface area contributed by atoms with Gasteiger partial charge in [0.25, 0.3) is 6.43 Å². The van der Waals surface area contributed by atoms with Gasteiger partial charge in [0.1, 0.15) is 11.8 Å². The van der Waals surface area contributed by atoms with Crippen molar-refractivity contribution in [3.05, 3.63) is 27.5 Å². The van der Waals surface area contributed by atoms with E-state index >= 15 is 0 Å². The van der Waals surface area contributed by atoms with Crippen molar-refractivity contribution in [3.63, 3.8) is 0 Å². The summed E-state index contributed by atoms with van der Waals surface area (Å²) in [6.45, 7) is 0. The second-order valence-corrected chi connectivity index (χ2v) is 3.50. The highest BCUT2D eigenvalue weighted by Crippen LogP contribution is 2.28. The standard InChI is InChI=1S/C9H5BrF2N2O2/c1-16-9(15)6-4(2-13)7(8(11)12)14-3-5(6)10/h3,8H,1H3. The van der Waals surface area contributed by atoms with Crippen LogP contribution in [0, 0.1) is 11.3 Å². The van der Waals surface area contributed by atoms with Gasteiger partial charge >= 0.3 is 5.97 Å². The maximum atomic E-state index is 12.5. The van der Waals surface area contributed by atoms with Gasteiger partial charge in [0.2, 0.25) is 0 Å². The molecular weight excluding hydrogens is 286 g/mol. The van der Waals surface area contributed by atoms with Crippen LogP contribution < -0.4 is 0 Å². The Hall–Kier alpha value is -1.55. The molecule has 0 aliphatic heterocycles. The number of esters is 1. The third-order valence-electron chi connectivity index (χ3n) is 1.77. The van der Waals surface area contributed by atoms with Gasteiger partial charge in [-0.1, -0.05) is 0 Å². The summed E-state index contributed by atoms with van der Waals surface area (Å²) in [5.74, 6) is -0.868. The molecule has 0 amide bonds. The Bertz CT molecular complexity index is 471. The molecule has 7 heteroatoms. The number of hydrogen-bond donors (Lipinski definition) is 0. The highest BCUT2D eigenvalue weighted by molar-refractivity contribution is 9.10. The van der Waals surface area contributed by atoms with E-state index in [2.05, 4.69) is 25.7 Å². The Balaban J connectivity index is 3.52. The van der Waals surface area contributed by atoms with Crippen LogP contribution in [0.15, 0.2) is 10.7 Å². The molecule has 0 aromatic carbocycles. The summed E-state index contributed by atoms with van der Waals surface area (Å²) >= 11 is 2.95. The van der Waals surface area contributed by atoms with Crippen molar-refractivity contribution in [2.45, 2.75) is 6.43 Å². The zero-order valence-electron chi connectivity index (χ0n) is 8.00. The van der Waals surface area contributed by atoms with Crippen LogP contribution >= 0.6 is 15.9 Å². The van der Waals surface area contributed by atoms with Gasteiger partial charge < -0.3 is 4.74 Å². The quantitative estimate of drug-likeness (QED) is 0.785. The van der Waals surface area contributed by atoms with E-state index in [0.29, 0.717) is 0 Å². The molecule has 0 aliphatic rings. The highest BCUT2D eigenvalue weighted by Gasteiger charge is 2.24. The molecule has 1 heterocycles. The largest absolute Gasteiger partial charge is 0.465 e. The number of aromatic nitrogens is 1. The molecule has 0 bridgehead atoms. The number of halogens is 3. The van der Waals surface area contributed by atoms with E-state index in [1.165, 1.54) is 6.07 Å². The number of hydrogen-bond acceptors (Lipinski definition) is 4. The van der Waals surface area contributed by atoms with Crippen LogP contribution in [0.5, 0.6) is 0 Å². The lowest BCUT2D eigenvalue weighted by molar-refractivity contribution is 0.0598. The summed E-state index contributed by atoms with van der Waals surface area (Å²) in [4.78, 5) is 14.7. The number of ether oxygens (including phenoxy) is 1. The summed E-state index contributed by atoms with van der Waals surface area (Å²) < 4.78 is 29.6. The number of nitriles is 1. The van der Waals surface area contributed by atoms with Crippen molar-refractivity contribution >= 4 is 21.9 Å². The number of methoxy groups -OCH3 is 1. The van der Waals surface area contributed by atoms with E-state index in [9.17, 15) is 13.6 Å². The first kappa shape index (κ1) is 12.5. The first-order valence-corrected chi connectivity index (χ1v) is 4.77. The minimum atomic E-state index is -2.92. The number of carbonyl (C=O) groups is 1. The second kappa shape index (κ2) is 4.99. The predicted octanol–water partition coefficient (Wildman–Crippen LogP) is 2.44. The fourth-order valence-electron chi connectivity index (χ4n) is 1.08. The van der Waals surface area contributed by atoms with Gasteiger partial charge in [-0.3, -0.25) is 4.98 Å². The van der Waals surface area contributed by atoms with Crippen LogP contribution in [-0.4, -0.2) is 18.1 Å².